The van der Waals surface area contributed by atoms with Crippen molar-refractivity contribution in [3.63, 3.8) is 0 Å². The predicted molar refractivity (Wildman–Crippen MR) is 278 cm³/mol. The summed E-state index contributed by atoms with van der Waals surface area (Å²) < 4.78 is 5.01. The molecule has 1 aliphatic carbocycles. The summed E-state index contributed by atoms with van der Waals surface area (Å²) in [5, 5.41) is 5.02. The van der Waals surface area contributed by atoms with Crippen molar-refractivity contribution in [3.8, 4) is 44.8 Å². The van der Waals surface area contributed by atoms with Crippen LogP contribution in [-0.4, -0.2) is 9.13 Å². The minimum atomic E-state index is -0.359. The highest BCUT2D eigenvalue weighted by molar-refractivity contribution is 6.11. The van der Waals surface area contributed by atoms with Crippen LogP contribution >= 0.6 is 0 Å². The number of benzene rings is 10. The molecule has 3 heteroatoms. The average Bonchev–Trinajstić information content (AvgIpc) is 3.98. The van der Waals surface area contributed by atoms with Gasteiger partial charge in [0.25, 0.3) is 0 Å². The Morgan fingerprint density at radius 2 is 0.727 bits per heavy atom. The number of hydrogen-bond donors (Lipinski definition) is 0. The molecule has 13 rings (SSSR count). The van der Waals surface area contributed by atoms with Gasteiger partial charge < -0.3 is 14.0 Å². The maximum atomic E-state index is 2.53. The van der Waals surface area contributed by atoms with Gasteiger partial charge in [0.2, 0.25) is 0 Å². The third kappa shape index (κ3) is 5.83. The van der Waals surface area contributed by atoms with Gasteiger partial charge in [0.05, 0.1) is 27.8 Å². The molecule has 12 aromatic rings. The molecule has 0 saturated carbocycles. The molecule has 0 atom stereocenters. The Morgan fingerprint density at radius 3 is 1.20 bits per heavy atom. The number of hydrogen-bond acceptors (Lipinski definition) is 1. The van der Waals surface area contributed by atoms with Crippen molar-refractivity contribution >= 4 is 60.7 Å². The number of rotatable bonds is 7. The van der Waals surface area contributed by atoms with E-state index in [2.05, 4.69) is 264 Å². The van der Waals surface area contributed by atoms with E-state index in [0.29, 0.717) is 0 Å². The second kappa shape index (κ2) is 14.8. The quantitative estimate of drug-likeness (QED) is 0.156. The Morgan fingerprint density at radius 1 is 0.333 bits per heavy atom. The van der Waals surface area contributed by atoms with E-state index in [1.54, 1.807) is 0 Å². The maximum Gasteiger partial charge on any atom is 0.0541 e. The van der Waals surface area contributed by atoms with Crippen LogP contribution in [0.4, 0.5) is 17.1 Å². The largest absolute Gasteiger partial charge is 0.310 e. The van der Waals surface area contributed by atoms with Crippen molar-refractivity contribution in [2.45, 2.75) is 19.3 Å². The van der Waals surface area contributed by atoms with Crippen LogP contribution < -0.4 is 4.90 Å². The fraction of sp³-hybridized carbons (Fsp3) is 0.0476. The van der Waals surface area contributed by atoms with Crippen LogP contribution in [0, 0.1) is 0 Å². The molecule has 0 spiro atoms. The second-order valence-electron chi connectivity index (χ2n) is 18.1. The molecule has 2 aromatic heterocycles. The molecule has 0 bridgehead atoms. The van der Waals surface area contributed by atoms with Crippen LogP contribution in [0.2, 0.25) is 0 Å². The van der Waals surface area contributed by atoms with Crippen LogP contribution in [0.1, 0.15) is 25.0 Å². The Hall–Kier alpha value is -8.40. The molecule has 66 heavy (non-hydrogen) atoms. The molecule has 0 fully saturated rings. The molecule has 0 aliphatic heterocycles. The number of aromatic nitrogens is 2. The molecule has 0 N–H and O–H groups in total. The zero-order chi connectivity index (χ0) is 43.9. The van der Waals surface area contributed by atoms with E-state index >= 15 is 0 Å². The van der Waals surface area contributed by atoms with Crippen molar-refractivity contribution in [2.24, 2.45) is 0 Å². The molecule has 312 valence electrons. The van der Waals surface area contributed by atoms with Crippen molar-refractivity contribution in [3.05, 3.63) is 248 Å². The van der Waals surface area contributed by atoms with Gasteiger partial charge in [0.1, 0.15) is 0 Å². The van der Waals surface area contributed by atoms with Crippen molar-refractivity contribution in [2.75, 3.05) is 4.90 Å². The zero-order valence-electron chi connectivity index (χ0n) is 36.9. The summed E-state index contributed by atoms with van der Waals surface area (Å²) in [5.41, 5.74) is 20.1. The highest BCUT2D eigenvalue weighted by atomic mass is 15.1. The highest BCUT2D eigenvalue weighted by Gasteiger charge is 2.40. The third-order valence-electron chi connectivity index (χ3n) is 14.1. The lowest BCUT2D eigenvalue weighted by molar-refractivity contribution is 0.656. The van der Waals surface area contributed by atoms with Gasteiger partial charge in [-0.05, 0) is 117 Å². The highest BCUT2D eigenvalue weighted by Crippen LogP contribution is 2.55. The lowest BCUT2D eigenvalue weighted by Crippen LogP contribution is -2.19. The topological polar surface area (TPSA) is 13.1 Å². The normalized spacial score (nSPS) is 12.8. The number of nitrogens with zero attached hydrogens (tertiary/aromatic N) is 3. The van der Waals surface area contributed by atoms with Crippen molar-refractivity contribution in [1.29, 1.82) is 0 Å². The molecule has 10 aromatic carbocycles. The molecule has 1 aliphatic rings. The van der Waals surface area contributed by atoms with E-state index in [0.717, 1.165) is 22.7 Å². The van der Waals surface area contributed by atoms with Gasteiger partial charge in [-0.25, -0.2) is 0 Å². The van der Waals surface area contributed by atoms with E-state index in [1.807, 2.05) is 0 Å². The lowest BCUT2D eigenvalue weighted by Gasteiger charge is -2.29. The minimum Gasteiger partial charge on any atom is -0.310 e. The number of anilines is 3. The molecule has 3 nitrogen and oxygen atoms in total. The Kier molecular flexibility index (Phi) is 8.56. The first kappa shape index (κ1) is 38.1. The lowest BCUT2D eigenvalue weighted by atomic mass is 9.81. The first-order valence-electron chi connectivity index (χ1n) is 22.9. The fourth-order valence-corrected chi connectivity index (χ4v) is 11.0. The van der Waals surface area contributed by atoms with Crippen LogP contribution in [-0.2, 0) is 5.41 Å². The Labute approximate surface area is 384 Å². The van der Waals surface area contributed by atoms with E-state index < -0.39 is 0 Å². The molecule has 2 heterocycles. The SMILES string of the molecule is CC1(C)c2cc(N(c3ccc(-c4ccccc4)cc3)c3ccc(-c4ccccc4)cc3)ccc2-c2cc(-n3c4ccccc4c4ccccc43)cc(-n3c4ccccc4c4ccccc43)c21. The van der Waals surface area contributed by atoms with Crippen molar-refractivity contribution in [1.82, 2.24) is 9.13 Å². The third-order valence-corrected chi connectivity index (χ3v) is 14.1. The maximum absolute atomic E-state index is 2.53. The van der Waals surface area contributed by atoms with Crippen molar-refractivity contribution < 1.29 is 0 Å². The molecule has 0 unspecified atom stereocenters. The summed E-state index contributed by atoms with van der Waals surface area (Å²) in [7, 11) is 0. The van der Waals surface area contributed by atoms with Gasteiger partial charge in [0.15, 0.2) is 0 Å². The van der Waals surface area contributed by atoms with Gasteiger partial charge >= 0.3 is 0 Å². The van der Waals surface area contributed by atoms with E-state index in [4.69, 9.17) is 0 Å². The van der Waals surface area contributed by atoms with Gasteiger partial charge in [-0.3, -0.25) is 0 Å². The van der Waals surface area contributed by atoms with Crippen LogP contribution in [0.15, 0.2) is 237 Å². The summed E-state index contributed by atoms with van der Waals surface area (Å²) in [6, 6.07) is 86.8. The molecule has 0 radical (unpaired) electrons. The Bertz CT molecular complexity index is 3630. The molecule has 0 amide bonds. The van der Waals surface area contributed by atoms with Crippen LogP contribution in [0.3, 0.4) is 0 Å². The number of fused-ring (bicyclic) bond motifs is 9. The van der Waals surface area contributed by atoms with Gasteiger partial charge in [-0.1, -0.05) is 178 Å². The molecule has 0 saturated heterocycles. The minimum absolute atomic E-state index is 0.359. The van der Waals surface area contributed by atoms with E-state index in [1.165, 1.54) is 93.8 Å². The van der Waals surface area contributed by atoms with E-state index in [9.17, 15) is 0 Å². The standard InChI is InChI=1S/C63H45N3/c1-63(2)56-40-48(64(46-33-29-44(30-34-46)42-17-5-3-6-18-42)47-35-31-45(32-36-47)43-19-7-4-8-20-43)37-38-50(56)55-39-49(65-57-25-13-9-21-51(57)52-22-10-14-26-58(52)65)41-61(62(55)63)66-59-27-15-11-23-53(59)54-24-12-16-28-60(54)66/h3-41H,1-2H3. The predicted octanol–water partition coefficient (Wildman–Crippen LogP) is 17.0. The van der Waals surface area contributed by atoms with E-state index in [-0.39, 0.29) is 5.41 Å². The smallest absolute Gasteiger partial charge is 0.0541 e. The Balaban J connectivity index is 1.04. The second-order valence-corrected chi connectivity index (χ2v) is 18.1. The van der Waals surface area contributed by atoms with Gasteiger partial charge in [-0.15, -0.1) is 0 Å². The van der Waals surface area contributed by atoms with Gasteiger partial charge in [0, 0.05) is 49.7 Å². The monoisotopic (exact) mass is 843 g/mol. The fourth-order valence-electron chi connectivity index (χ4n) is 11.0. The summed E-state index contributed by atoms with van der Waals surface area (Å²) in [6.07, 6.45) is 0. The van der Waals surface area contributed by atoms with Crippen LogP contribution in [0.25, 0.3) is 88.4 Å². The summed E-state index contributed by atoms with van der Waals surface area (Å²) in [4.78, 5) is 2.42. The zero-order valence-corrected chi connectivity index (χ0v) is 36.9. The first-order valence-corrected chi connectivity index (χ1v) is 22.9. The summed E-state index contributed by atoms with van der Waals surface area (Å²) >= 11 is 0. The van der Waals surface area contributed by atoms with Gasteiger partial charge in [-0.2, -0.15) is 0 Å². The van der Waals surface area contributed by atoms with Crippen LogP contribution in [0.5, 0.6) is 0 Å². The summed E-state index contributed by atoms with van der Waals surface area (Å²) in [5.74, 6) is 0. The number of para-hydroxylation sites is 4. The molecular weight excluding hydrogens is 799 g/mol. The first-order chi connectivity index (χ1) is 32.5. The summed E-state index contributed by atoms with van der Waals surface area (Å²) in [6.45, 7) is 4.85. The average molecular weight is 844 g/mol. The molecular formula is C63H45N3.